The van der Waals surface area contributed by atoms with Crippen molar-refractivity contribution in [1.82, 2.24) is 14.8 Å². The number of ether oxygens (including phenoxy) is 1. The largest absolute Gasteiger partial charge is 0.381 e. The molecule has 0 saturated carbocycles. The van der Waals surface area contributed by atoms with E-state index >= 15 is 0 Å². The second-order valence-corrected chi connectivity index (χ2v) is 7.33. The Hall–Kier alpha value is -0.750. The summed E-state index contributed by atoms with van der Waals surface area (Å²) in [7, 11) is 0. The number of halogens is 2. The highest BCUT2D eigenvalue weighted by Crippen LogP contribution is 2.28. The van der Waals surface area contributed by atoms with Crippen molar-refractivity contribution in [2.45, 2.75) is 25.2 Å². The zero-order valence-electron chi connectivity index (χ0n) is 13.0. The van der Waals surface area contributed by atoms with Crippen molar-refractivity contribution in [3.05, 3.63) is 39.9 Å². The Bertz CT molecular complexity index is 671. The van der Waals surface area contributed by atoms with Crippen LogP contribution in [0.1, 0.15) is 30.4 Å². The lowest BCUT2D eigenvalue weighted by molar-refractivity contribution is 0.0836. The van der Waals surface area contributed by atoms with Gasteiger partial charge in [0.15, 0.2) is 5.82 Å². The maximum Gasteiger partial charge on any atom is 0.154 e. The van der Waals surface area contributed by atoms with Crippen molar-refractivity contribution in [3.63, 3.8) is 0 Å². The molecule has 0 amide bonds. The molecule has 1 aliphatic heterocycles. The van der Waals surface area contributed by atoms with Gasteiger partial charge in [0.05, 0.1) is 15.7 Å². The number of hydrogen-bond acceptors (Lipinski definition) is 4. The van der Waals surface area contributed by atoms with E-state index in [1.54, 1.807) is 17.8 Å². The first-order chi connectivity index (χ1) is 11.2. The van der Waals surface area contributed by atoms with E-state index in [0.717, 1.165) is 55.6 Å². The second kappa shape index (κ2) is 7.88. The van der Waals surface area contributed by atoms with Crippen LogP contribution in [0.5, 0.6) is 0 Å². The van der Waals surface area contributed by atoms with Crippen LogP contribution in [0, 0.1) is 0 Å². The molecule has 1 aromatic heterocycles. The topological polar surface area (TPSA) is 39.9 Å². The molecule has 2 heterocycles. The Morgan fingerprint density at radius 3 is 2.74 bits per heavy atom. The van der Waals surface area contributed by atoms with Crippen molar-refractivity contribution in [3.8, 4) is 5.69 Å². The van der Waals surface area contributed by atoms with Gasteiger partial charge in [-0.25, -0.2) is 9.67 Å². The first-order valence-electron chi connectivity index (χ1n) is 7.67. The molecule has 1 saturated heterocycles. The monoisotopic (exact) mass is 371 g/mol. The summed E-state index contributed by atoms with van der Waals surface area (Å²) < 4.78 is 7.34. The lowest BCUT2D eigenvalue weighted by atomic mass is 10.00. The van der Waals surface area contributed by atoms with E-state index in [4.69, 9.17) is 38.0 Å². The molecule has 2 aromatic rings. The lowest BCUT2D eigenvalue weighted by Crippen LogP contribution is -2.15. The highest BCUT2D eigenvalue weighted by Gasteiger charge is 2.22. The van der Waals surface area contributed by atoms with E-state index in [-0.39, 0.29) is 0 Å². The van der Waals surface area contributed by atoms with Crippen molar-refractivity contribution in [1.29, 1.82) is 0 Å². The maximum absolute atomic E-state index is 6.16. The van der Waals surface area contributed by atoms with Gasteiger partial charge < -0.3 is 4.74 Å². The van der Waals surface area contributed by atoms with E-state index in [1.165, 1.54) is 0 Å². The normalized spacial score (nSPS) is 16.0. The Kier molecular flexibility index (Phi) is 5.85. The molecule has 1 aliphatic rings. The summed E-state index contributed by atoms with van der Waals surface area (Å²) in [5.41, 5.74) is 0.904. The lowest BCUT2D eigenvalue weighted by Gasteiger charge is -2.18. The van der Waals surface area contributed by atoms with E-state index in [1.807, 2.05) is 16.8 Å². The first kappa shape index (κ1) is 17.1. The molecule has 0 spiro atoms. The summed E-state index contributed by atoms with van der Waals surface area (Å²) in [5, 5.41) is 5.84. The molecule has 3 rings (SSSR count). The minimum atomic E-state index is 0.376. The maximum atomic E-state index is 6.16. The van der Waals surface area contributed by atoms with Gasteiger partial charge in [-0.1, -0.05) is 23.2 Å². The third-order valence-corrected chi connectivity index (χ3v) is 5.31. The zero-order valence-corrected chi connectivity index (χ0v) is 15.3. The van der Waals surface area contributed by atoms with Gasteiger partial charge in [-0.2, -0.15) is 16.9 Å². The van der Waals surface area contributed by atoms with E-state index in [9.17, 15) is 0 Å². The van der Waals surface area contributed by atoms with Crippen LogP contribution in [-0.4, -0.2) is 40.0 Å². The van der Waals surface area contributed by atoms with E-state index < -0.39 is 0 Å². The number of aromatic nitrogens is 3. The van der Waals surface area contributed by atoms with Crippen LogP contribution in [0.25, 0.3) is 5.69 Å². The average Bonchev–Trinajstić information content (AvgIpc) is 3.00. The van der Waals surface area contributed by atoms with Crippen LogP contribution >= 0.6 is 35.0 Å². The quantitative estimate of drug-likeness (QED) is 0.781. The molecule has 1 fully saturated rings. The number of hydrogen-bond donors (Lipinski definition) is 0. The summed E-state index contributed by atoms with van der Waals surface area (Å²) in [6.45, 7) is 1.57. The van der Waals surface area contributed by atoms with Gasteiger partial charge in [0, 0.05) is 31.3 Å². The second-order valence-electron chi connectivity index (χ2n) is 5.53. The summed E-state index contributed by atoms with van der Waals surface area (Å²) in [4.78, 5) is 4.81. The molecule has 0 atom stereocenters. The molecule has 7 heteroatoms. The molecule has 4 nitrogen and oxygen atoms in total. The van der Waals surface area contributed by atoms with Crippen molar-refractivity contribution in [2.75, 3.05) is 25.2 Å². The van der Waals surface area contributed by atoms with Gasteiger partial charge in [0.1, 0.15) is 5.82 Å². The van der Waals surface area contributed by atoms with Gasteiger partial charge >= 0.3 is 0 Å². The number of benzene rings is 1. The Balaban J connectivity index is 1.95. The molecule has 23 heavy (non-hydrogen) atoms. The number of thioether (sulfide) groups is 1. The van der Waals surface area contributed by atoms with Gasteiger partial charge in [-0.05, 0) is 37.3 Å². The summed E-state index contributed by atoms with van der Waals surface area (Å²) >= 11 is 14.0. The molecule has 0 unspecified atom stereocenters. The van der Waals surface area contributed by atoms with Gasteiger partial charge in [-0.15, -0.1) is 0 Å². The predicted molar refractivity (Wildman–Crippen MR) is 96.3 cm³/mol. The van der Waals surface area contributed by atoms with Gasteiger partial charge in [-0.3, -0.25) is 0 Å². The molecular weight excluding hydrogens is 353 g/mol. The average molecular weight is 372 g/mol. The predicted octanol–water partition coefficient (Wildman–Crippen LogP) is 4.37. The third kappa shape index (κ3) is 4.02. The fourth-order valence-electron chi connectivity index (χ4n) is 2.67. The number of rotatable bonds is 5. The number of aryl methyl sites for hydroxylation is 1. The molecule has 1 aromatic carbocycles. The van der Waals surface area contributed by atoms with Crippen molar-refractivity contribution >= 4 is 35.0 Å². The van der Waals surface area contributed by atoms with Crippen molar-refractivity contribution in [2.24, 2.45) is 0 Å². The molecule has 0 bridgehead atoms. The molecule has 0 aliphatic carbocycles. The Morgan fingerprint density at radius 1 is 1.26 bits per heavy atom. The smallest absolute Gasteiger partial charge is 0.154 e. The van der Waals surface area contributed by atoms with Crippen LogP contribution < -0.4 is 0 Å². The zero-order chi connectivity index (χ0) is 16.2. The Morgan fingerprint density at radius 2 is 2.04 bits per heavy atom. The minimum absolute atomic E-state index is 0.376. The van der Waals surface area contributed by atoms with Crippen LogP contribution in [0.3, 0.4) is 0 Å². The van der Waals surface area contributed by atoms with E-state index in [2.05, 4.69) is 6.26 Å². The van der Waals surface area contributed by atoms with Crippen LogP contribution in [0.2, 0.25) is 10.0 Å². The van der Waals surface area contributed by atoms with E-state index in [0.29, 0.717) is 16.0 Å². The van der Waals surface area contributed by atoms with Gasteiger partial charge in [0.25, 0.3) is 0 Å². The van der Waals surface area contributed by atoms with Crippen LogP contribution in [-0.2, 0) is 11.2 Å². The third-order valence-electron chi connectivity index (χ3n) is 3.95. The molecule has 124 valence electrons. The minimum Gasteiger partial charge on any atom is -0.381 e. The Labute approximate surface area is 150 Å². The SMILES string of the molecule is CSCCc1nc(C2CCOCC2)nn1-c1ccc(Cl)c(Cl)c1. The molecule has 0 N–H and O–H groups in total. The summed E-state index contributed by atoms with van der Waals surface area (Å²) in [6, 6.07) is 5.57. The fraction of sp³-hybridized carbons (Fsp3) is 0.500. The summed E-state index contributed by atoms with van der Waals surface area (Å²) in [5.74, 6) is 3.27. The van der Waals surface area contributed by atoms with Gasteiger partial charge in [0.2, 0.25) is 0 Å². The summed E-state index contributed by atoms with van der Waals surface area (Å²) in [6.07, 6.45) is 4.93. The van der Waals surface area contributed by atoms with Crippen LogP contribution in [0.15, 0.2) is 18.2 Å². The highest BCUT2D eigenvalue weighted by molar-refractivity contribution is 7.98. The molecule has 0 radical (unpaired) electrons. The first-order valence-corrected chi connectivity index (χ1v) is 9.82. The highest BCUT2D eigenvalue weighted by atomic mass is 35.5. The number of nitrogens with zero attached hydrogens (tertiary/aromatic N) is 3. The van der Waals surface area contributed by atoms with Crippen LogP contribution in [0.4, 0.5) is 0 Å². The standard InChI is InChI=1S/C16H19Cl2N3OS/c1-23-9-6-15-19-16(11-4-7-22-8-5-11)20-21(15)12-2-3-13(17)14(18)10-12/h2-3,10-11H,4-9H2,1H3. The van der Waals surface area contributed by atoms with Crippen molar-refractivity contribution < 1.29 is 4.74 Å². The molecular formula is C16H19Cl2N3OS. The fourth-order valence-corrected chi connectivity index (χ4v) is 3.35.